The zero-order chi connectivity index (χ0) is 10.5. The summed E-state index contributed by atoms with van der Waals surface area (Å²) < 4.78 is 0. The zero-order valence-corrected chi connectivity index (χ0v) is 8.98. The third-order valence-corrected chi connectivity index (χ3v) is 2.58. The molecule has 76 valence electrons. The van der Waals surface area contributed by atoms with Gasteiger partial charge in [0.05, 0.1) is 7.05 Å². The molecule has 0 spiro atoms. The first-order valence-corrected chi connectivity index (χ1v) is 5.28. The summed E-state index contributed by atoms with van der Waals surface area (Å²) in [6.45, 7) is 1.03. The minimum absolute atomic E-state index is 1.03. The Labute approximate surface area is 91.0 Å². The Balaban J connectivity index is 2.08. The van der Waals surface area contributed by atoms with Crippen LogP contribution in [-0.2, 0) is 6.54 Å². The van der Waals surface area contributed by atoms with Crippen molar-refractivity contribution in [2.75, 3.05) is 7.05 Å². The van der Waals surface area contributed by atoms with Gasteiger partial charge < -0.3 is 4.90 Å². The van der Waals surface area contributed by atoms with E-state index in [1.54, 1.807) is 0 Å². The Hall–Kier alpha value is -1.60. The van der Waals surface area contributed by atoms with E-state index in [4.69, 9.17) is 0 Å². The predicted octanol–water partition coefficient (Wildman–Crippen LogP) is 2.03. The lowest BCUT2D eigenvalue weighted by molar-refractivity contribution is -0.825. The lowest BCUT2D eigenvalue weighted by Crippen LogP contribution is -3.02. The Morgan fingerprint density at radius 3 is 1.93 bits per heavy atom. The average Bonchev–Trinajstić information content (AvgIpc) is 2.31. The third kappa shape index (κ3) is 2.67. The topological polar surface area (TPSA) is 4.44 Å². The predicted molar refractivity (Wildman–Crippen MR) is 63.1 cm³/mol. The van der Waals surface area contributed by atoms with Gasteiger partial charge in [-0.25, -0.2) is 0 Å². The molecular weight excluding hydrogens is 182 g/mol. The fourth-order valence-corrected chi connectivity index (χ4v) is 1.73. The Bertz CT molecular complexity index is 394. The molecule has 1 nitrogen and oxygen atoms in total. The van der Waals surface area contributed by atoms with Gasteiger partial charge in [0.15, 0.2) is 0 Å². The standard InChI is InChI=1S/C14H15N/c1-15(14-10-6-3-7-11-14)12-13-8-4-2-5-9-13/h2-11H,12H2,1H3/p+1. The van der Waals surface area contributed by atoms with Crippen LogP contribution >= 0.6 is 0 Å². The lowest BCUT2D eigenvalue weighted by atomic mass is 10.2. The van der Waals surface area contributed by atoms with Gasteiger partial charge in [0.1, 0.15) is 12.2 Å². The van der Waals surface area contributed by atoms with Crippen molar-refractivity contribution in [3.8, 4) is 0 Å². The molecule has 0 heterocycles. The second kappa shape index (κ2) is 4.76. The van der Waals surface area contributed by atoms with Crippen molar-refractivity contribution in [3.05, 3.63) is 66.2 Å². The van der Waals surface area contributed by atoms with E-state index in [9.17, 15) is 0 Å². The lowest BCUT2D eigenvalue weighted by Gasteiger charge is -2.13. The van der Waals surface area contributed by atoms with Gasteiger partial charge in [0.2, 0.25) is 0 Å². The molecule has 0 aliphatic carbocycles. The van der Waals surface area contributed by atoms with Crippen LogP contribution in [0.25, 0.3) is 0 Å². The first-order chi connectivity index (χ1) is 7.36. The second-order valence-corrected chi connectivity index (χ2v) is 3.81. The Morgan fingerprint density at radius 2 is 1.33 bits per heavy atom. The van der Waals surface area contributed by atoms with Crippen molar-refractivity contribution >= 4 is 5.69 Å². The molecule has 2 rings (SSSR count). The highest BCUT2D eigenvalue weighted by Crippen LogP contribution is 2.01. The molecule has 1 atom stereocenters. The zero-order valence-electron chi connectivity index (χ0n) is 8.98. The number of quaternary nitrogens is 1. The van der Waals surface area contributed by atoms with Crippen LogP contribution in [0.15, 0.2) is 60.7 Å². The molecule has 2 aromatic rings. The molecule has 0 bridgehead atoms. The molecule has 0 aliphatic heterocycles. The largest absolute Gasteiger partial charge is 0.301 e. The van der Waals surface area contributed by atoms with Gasteiger partial charge in [-0.2, -0.15) is 0 Å². The van der Waals surface area contributed by atoms with E-state index in [0.717, 1.165) is 6.54 Å². The van der Waals surface area contributed by atoms with E-state index in [0.29, 0.717) is 0 Å². The number of para-hydroxylation sites is 1. The fourth-order valence-electron chi connectivity index (χ4n) is 1.73. The number of rotatable bonds is 3. The smallest absolute Gasteiger partial charge is 0.131 e. The van der Waals surface area contributed by atoms with Crippen LogP contribution in [0.4, 0.5) is 5.69 Å². The Kier molecular flexibility index (Phi) is 3.15. The van der Waals surface area contributed by atoms with Crippen LogP contribution in [0, 0.1) is 0 Å². The highest BCUT2D eigenvalue weighted by Gasteiger charge is 2.05. The molecular formula is C14H16N+. The molecule has 0 saturated heterocycles. The van der Waals surface area contributed by atoms with Gasteiger partial charge in [-0.15, -0.1) is 0 Å². The van der Waals surface area contributed by atoms with Crippen molar-refractivity contribution in [1.82, 2.24) is 0 Å². The molecule has 0 saturated carbocycles. The molecule has 0 aliphatic rings. The van der Waals surface area contributed by atoms with Crippen LogP contribution in [0.3, 0.4) is 0 Å². The van der Waals surface area contributed by atoms with E-state index in [-0.39, 0.29) is 0 Å². The van der Waals surface area contributed by atoms with Crippen molar-refractivity contribution in [2.45, 2.75) is 6.54 Å². The van der Waals surface area contributed by atoms with E-state index in [1.807, 2.05) is 0 Å². The van der Waals surface area contributed by atoms with Crippen molar-refractivity contribution in [2.24, 2.45) is 0 Å². The highest BCUT2D eigenvalue weighted by molar-refractivity contribution is 5.28. The fraction of sp³-hybridized carbons (Fsp3) is 0.143. The summed E-state index contributed by atoms with van der Waals surface area (Å²) >= 11 is 0. The summed E-state index contributed by atoms with van der Waals surface area (Å²) in [6.07, 6.45) is 0. The van der Waals surface area contributed by atoms with Crippen LogP contribution in [0.5, 0.6) is 0 Å². The van der Waals surface area contributed by atoms with Gasteiger partial charge in [-0.05, 0) is 12.1 Å². The molecule has 0 amide bonds. The molecule has 0 fully saturated rings. The summed E-state index contributed by atoms with van der Waals surface area (Å²) in [5.41, 5.74) is 2.71. The van der Waals surface area contributed by atoms with Crippen LogP contribution in [0.1, 0.15) is 5.56 Å². The van der Waals surface area contributed by atoms with E-state index >= 15 is 0 Å². The van der Waals surface area contributed by atoms with Gasteiger partial charge in [0, 0.05) is 5.56 Å². The first-order valence-electron chi connectivity index (χ1n) is 5.28. The molecule has 1 heteroatoms. The summed E-state index contributed by atoms with van der Waals surface area (Å²) in [7, 11) is 2.20. The van der Waals surface area contributed by atoms with Crippen LogP contribution in [-0.4, -0.2) is 7.05 Å². The minimum Gasteiger partial charge on any atom is -0.301 e. The molecule has 0 radical (unpaired) electrons. The van der Waals surface area contributed by atoms with Gasteiger partial charge in [0.25, 0.3) is 0 Å². The average molecular weight is 198 g/mol. The normalized spacial score (nSPS) is 12.3. The molecule has 0 aromatic heterocycles. The first kappa shape index (κ1) is 9.94. The molecule has 2 aromatic carbocycles. The maximum atomic E-state index is 2.20. The van der Waals surface area contributed by atoms with Crippen molar-refractivity contribution < 1.29 is 4.90 Å². The maximum absolute atomic E-state index is 2.20. The van der Waals surface area contributed by atoms with Gasteiger partial charge in [-0.3, -0.25) is 0 Å². The number of hydrogen-bond acceptors (Lipinski definition) is 0. The molecule has 1 N–H and O–H groups in total. The monoisotopic (exact) mass is 198 g/mol. The van der Waals surface area contributed by atoms with E-state index < -0.39 is 0 Å². The van der Waals surface area contributed by atoms with Crippen molar-refractivity contribution in [3.63, 3.8) is 0 Å². The maximum Gasteiger partial charge on any atom is 0.131 e. The number of benzene rings is 2. The summed E-state index contributed by atoms with van der Waals surface area (Å²) in [6, 6.07) is 21.1. The SMILES string of the molecule is C[NH+](Cc1ccccc1)c1ccccc1. The van der Waals surface area contributed by atoms with Crippen molar-refractivity contribution in [1.29, 1.82) is 0 Å². The summed E-state index contributed by atoms with van der Waals surface area (Å²) in [4.78, 5) is 1.42. The number of hydrogen-bond donors (Lipinski definition) is 1. The van der Waals surface area contributed by atoms with Crippen LogP contribution in [0.2, 0.25) is 0 Å². The third-order valence-electron chi connectivity index (χ3n) is 2.58. The molecule has 15 heavy (non-hydrogen) atoms. The van der Waals surface area contributed by atoms with Crippen LogP contribution < -0.4 is 4.90 Å². The second-order valence-electron chi connectivity index (χ2n) is 3.81. The summed E-state index contributed by atoms with van der Waals surface area (Å²) in [5, 5.41) is 0. The van der Waals surface area contributed by atoms with Gasteiger partial charge in [-0.1, -0.05) is 48.5 Å². The van der Waals surface area contributed by atoms with E-state index in [2.05, 4.69) is 67.7 Å². The molecule has 1 unspecified atom stereocenters. The quantitative estimate of drug-likeness (QED) is 0.769. The summed E-state index contributed by atoms with van der Waals surface area (Å²) in [5.74, 6) is 0. The van der Waals surface area contributed by atoms with Gasteiger partial charge >= 0.3 is 0 Å². The number of nitrogens with one attached hydrogen (secondary N) is 1. The Morgan fingerprint density at radius 1 is 0.800 bits per heavy atom. The van der Waals surface area contributed by atoms with E-state index in [1.165, 1.54) is 16.2 Å². The minimum atomic E-state index is 1.03. The highest BCUT2D eigenvalue weighted by atomic mass is 15.1.